The minimum atomic E-state index is -0.351. The summed E-state index contributed by atoms with van der Waals surface area (Å²) in [4.78, 5) is 1.97. The fourth-order valence-electron chi connectivity index (χ4n) is 1.68. The van der Waals surface area contributed by atoms with Gasteiger partial charge in [0.2, 0.25) is 0 Å². The van der Waals surface area contributed by atoms with Crippen LogP contribution in [-0.2, 0) is 16.1 Å². The Morgan fingerprint density at radius 1 is 1.11 bits per heavy atom. The SMILES string of the molecule is COCCN(CCOC)c1cc(F)cc(CO)c1. The quantitative estimate of drug-likeness (QED) is 0.764. The van der Waals surface area contributed by atoms with E-state index in [0.29, 0.717) is 31.9 Å². The average molecular weight is 257 g/mol. The molecule has 0 unspecified atom stereocenters. The molecule has 0 saturated heterocycles. The van der Waals surface area contributed by atoms with Crippen molar-refractivity contribution in [3.8, 4) is 0 Å². The number of nitrogens with zero attached hydrogens (tertiary/aromatic N) is 1. The largest absolute Gasteiger partial charge is 0.392 e. The van der Waals surface area contributed by atoms with E-state index in [-0.39, 0.29) is 12.4 Å². The predicted octanol–water partition coefficient (Wildman–Crippen LogP) is 1.42. The molecule has 0 spiro atoms. The molecule has 0 saturated carbocycles. The van der Waals surface area contributed by atoms with Crippen LogP contribution in [0.3, 0.4) is 0 Å². The molecule has 18 heavy (non-hydrogen) atoms. The van der Waals surface area contributed by atoms with Crippen molar-refractivity contribution in [2.45, 2.75) is 6.61 Å². The van der Waals surface area contributed by atoms with Crippen LogP contribution in [-0.4, -0.2) is 45.6 Å². The third kappa shape index (κ3) is 4.60. The lowest BCUT2D eigenvalue weighted by Crippen LogP contribution is -2.30. The van der Waals surface area contributed by atoms with E-state index in [1.807, 2.05) is 4.90 Å². The topological polar surface area (TPSA) is 41.9 Å². The second-order valence-electron chi connectivity index (χ2n) is 3.95. The number of anilines is 1. The number of aliphatic hydroxyl groups is 1. The summed E-state index contributed by atoms with van der Waals surface area (Å²) in [5.41, 5.74) is 1.29. The summed E-state index contributed by atoms with van der Waals surface area (Å²) in [6.45, 7) is 2.22. The molecule has 0 heterocycles. The smallest absolute Gasteiger partial charge is 0.125 e. The Balaban J connectivity index is 2.84. The second-order valence-corrected chi connectivity index (χ2v) is 3.95. The molecule has 1 aromatic carbocycles. The van der Waals surface area contributed by atoms with Crippen molar-refractivity contribution >= 4 is 5.69 Å². The molecule has 5 heteroatoms. The van der Waals surface area contributed by atoms with Crippen molar-refractivity contribution < 1.29 is 19.0 Å². The van der Waals surface area contributed by atoms with Crippen LogP contribution in [0.5, 0.6) is 0 Å². The van der Waals surface area contributed by atoms with Gasteiger partial charge in [-0.05, 0) is 23.8 Å². The number of aliphatic hydroxyl groups excluding tert-OH is 1. The molecule has 0 aliphatic rings. The van der Waals surface area contributed by atoms with E-state index in [1.165, 1.54) is 12.1 Å². The fourth-order valence-corrected chi connectivity index (χ4v) is 1.68. The van der Waals surface area contributed by atoms with Crippen molar-refractivity contribution in [2.24, 2.45) is 0 Å². The Bertz CT molecular complexity index is 352. The molecule has 0 atom stereocenters. The standard InChI is InChI=1S/C13H20FNO3/c1-17-5-3-15(4-6-18-2)13-8-11(10-16)7-12(14)9-13/h7-9,16H,3-6,10H2,1-2H3. The summed E-state index contributed by atoms with van der Waals surface area (Å²) in [5.74, 6) is -0.351. The third-order valence-electron chi connectivity index (χ3n) is 2.62. The highest BCUT2D eigenvalue weighted by Crippen LogP contribution is 2.18. The number of benzene rings is 1. The highest BCUT2D eigenvalue weighted by atomic mass is 19.1. The summed E-state index contributed by atoms with van der Waals surface area (Å²) >= 11 is 0. The lowest BCUT2D eigenvalue weighted by molar-refractivity contribution is 0.190. The van der Waals surface area contributed by atoms with Crippen molar-refractivity contribution in [3.63, 3.8) is 0 Å². The fraction of sp³-hybridized carbons (Fsp3) is 0.538. The Morgan fingerprint density at radius 2 is 1.72 bits per heavy atom. The van der Waals surface area contributed by atoms with Crippen LogP contribution in [0.1, 0.15) is 5.56 Å². The minimum absolute atomic E-state index is 0.173. The Hall–Kier alpha value is -1.17. The van der Waals surface area contributed by atoms with E-state index in [0.717, 1.165) is 5.69 Å². The van der Waals surface area contributed by atoms with Crippen molar-refractivity contribution in [3.05, 3.63) is 29.6 Å². The van der Waals surface area contributed by atoms with E-state index in [4.69, 9.17) is 14.6 Å². The van der Waals surface area contributed by atoms with Gasteiger partial charge < -0.3 is 19.5 Å². The molecule has 4 nitrogen and oxygen atoms in total. The normalized spacial score (nSPS) is 10.7. The maximum Gasteiger partial charge on any atom is 0.125 e. The van der Waals surface area contributed by atoms with Gasteiger partial charge in [0.05, 0.1) is 19.8 Å². The van der Waals surface area contributed by atoms with Crippen LogP contribution in [0.2, 0.25) is 0 Å². The lowest BCUT2D eigenvalue weighted by Gasteiger charge is -2.24. The van der Waals surface area contributed by atoms with Gasteiger partial charge in [0, 0.05) is 33.0 Å². The van der Waals surface area contributed by atoms with Gasteiger partial charge in [-0.1, -0.05) is 0 Å². The summed E-state index contributed by atoms with van der Waals surface area (Å²) in [7, 11) is 3.25. The maximum atomic E-state index is 13.4. The van der Waals surface area contributed by atoms with Crippen LogP contribution < -0.4 is 4.90 Å². The molecule has 1 N–H and O–H groups in total. The van der Waals surface area contributed by atoms with E-state index in [9.17, 15) is 4.39 Å². The number of hydrogen-bond acceptors (Lipinski definition) is 4. The Morgan fingerprint density at radius 3 is 2.22 bits per heavy atom. The summed E-state index contributed by atoms with van der Waals surface area (Å²) in [6.07, 6.45) is 0. The van der Waals surface area contributed by atoms with Gasteiger partial charge in [-0.25, -0.2) is 4.39 Å². The molecule has 0 aliphatic heterocycles. The zero-order chi connectivity index (χ0) is 13.4. The third-order valence-corrected chi connectivity index (χ3v) is 2.62. The number of ether oxygens (including phenoxy) is 2. The predicted molar refractivity (Wildman–Crippen MR) is 68.3 cm³/mol. The van der Waals surface area contributed by atoms with Gasteiger partial charge in [-0.2, -0.15) is 0 Å². The van der Waals surface area contributed by atoms with Crippen LogP contribution >= 0.6 is 0 Å². The lowest BCUT2D eigenvalue weighted by atomic mass is 10.2. The van der Waals surface area contributed by atoms with Gasteiger partial charge in [0.15, 0.2) is 0 Å². The first kappa shape index (κ1) is 14.9. The number of rotatable bonds is 8. The zero-order valence-electron chi connectivity index (χ0n) is 10.9. The van der Waals surface area contributed by atoms with E-state index in [1.54, 1.807) is 20.3 Å². The highest BCUT2D eigenvalue weighted by molar-refractivity contribution is 5.49. The maximum absolute atomic E-state index is 13.4. The van der Waals surface area contributed by atoms with Crippen molar-refractivity contribution in [2.75, 3.05) is 45.4 Å². The molecule has 0 bridgehead atoms. The first-order chi connectivity index (χ1) is 8.71. The molecule has 0 aromatic heterocycles. The van der Waals surface area contributed by atoms with Gasteiger partial charge >= 0.3 is 0 Å². The molecule has 102 valence electrons. The highest BCUT2D eigenvalue weighted by Gasteiger charge is 2.09. The summed E-state index contributed by atoms with van der Waals surface area (Å²) < 4.78 is 23.5. The zero-order valence-corrected chi connectivity index (χ0v) is 10.9. The van der Waals surface area contributed by atoms with Crippen molar-refractivity contribution in [1.29, 1.82) is 0 Å². The molecule has 1 rings (SSSR count). The van der Waals surface area contributed by atoms with Crippen molar-refractivity contribution in [1.82, 2.24) is 0 Å². The molecule has 0 aliphatic carbocycles. The van der Waals surface area contributed by atoms with Gasteiger partial charge in [0.1, 0.15) is 5.82 Å². The number of halogens is 1. The Labute approximate surface area is 107 Å². The number of methoxy groups -OCH3 is 2. The van der Waals surface area contributed by atoms with Gasteiger partial charge in [-0.3, -0.25) is 0 Å². The monoisotopic (exact) mass is 257 g/mol. The Kier molecular flexibility index (Phi) is 6.64. The first-order valence-corrected chi connectivity index (χ1v) is 5.84. The van der Waals surface area contributed by atoms with Crippen LogP contribution in [0, 0.1) is 5.82 Å². The number of hydrogen-bond donors (Lipinski definition) is 1. The average Bonchev–Trinajstić information content (AvgIpc) is 2.38. The molecular weight excluding hydrogens is 237 g/mol. The van der Waals surface area contributed by atoms with E-state index in [2.05, 4.69) is 0 Å². The van der Waals surface area contributed by atoms with Crippen LogP contribution in [0.15, 0.2) is 18.2 Å². The van der Waals surface area contributed by atoms with E-state index < -0.39 is 0 Å². The molecule has 0 fully saturated rings. The molecule has 1 aromatic rings. The molecule has 0 amide bonds. The summed E-state index contributed by atoms with van der Waals surface area (Å²) in [5, 5.41) is 9.09. The first-order valence-electron chi connectivity index (χ1n) is 5.84. The van der Waals surface area contributed by atoms with Gasteiger partial charge in [-0.15, -0.1) is 0 Å². The molecular formula is C13H20FNO3. The van der Waals surface area contributed by atoms with E-state index >= 15 is 0 Å². The minimum Gasteiger partial charge on any atom is -0.392 e. The second kappa shape index (κ2) is 8.02. The molecule has 0 radical (unpaired) electrons. The summed E-state index contributed by atoms with van der Waals surface area (Å²) in [6, 6.07) is 4.55. The van der Waals surface area contributed by atoms with Gasteiger partial charge in [0.25, 0.3) is 0 Å². The van der Waals surface area contributed by atoms with Crippen LogP contribution in [0.25, 0.3) is 0 Å². The van der Waals surface area contributed by atoms with Crippen LogP contribution in [0.4, 0.5) is 10.1 Å².